The molecule has 1 heterocycles. The van der Waals surface area contributed by atoms with Crippen molar-refractivity contribution in [2.75, 3.05) is 0 Å². The summed E-state index contributed by atoms with van der Waals surface area (Å²) in [5.74, 6) is 0.244. The lowest BCUT2D eigenvalue weighted by Gasteiger charge is -2.07. The molecule has 0 amide bonds. The fourth-order valence-corrected chi connectivity index (χ4v) is 2.53. The van der Waals surface area contributed by atoms with Crippen molar-refractivity contribution >= 4 is 5.78 Å². The van der Waals surface area contributed by atoms with Gasteiger partial charge in [-0.2, -0.15) is 5.10 Å². The first-order valence-corrected chi connectivity index (χ1v) is 7.81. The molecule has 0 saturated carbocycles. The predicted molar refractivity (Wildman–Crippen MR) is 79.7 cm³/mol. The Balaban J connectivity index is 2.92. The number of hydrogen-bond donors (Lipinski definition) is 0. The molecule has 3 heteroatoms. The quantitative estimate of drug-likeness (QED) is 0.495. The molecule has 0 radical (unpaired) electrons. The number of ketones is 1. The summed E-state index contributed by atoms with van der Waals surface area (Å²) in [7, 11) is 0. The number of carbonyl (C=O) groups excluding carboxylic acids is 1. The van der Waals surface area contributed by atoms with Crippen LogP contribution in [0.3, 0.4) is 0 Å². The number of unbranched alkanes of at least 4 members (excludes halogenated alkanes) is 3. The Morgan fingerprint density at radius 3 is 2.32 bits per heavy atom. The van der Waals surface area contributed by atoms with Crippen LogP contribution in [0.25, 0.3) is 0 Å². The topological polar surface area (TPSA) is 34.9 Å². The van der Waals surface area contributed by atoms with E-state index in [0.29, 0.717) is 6.42 Å². The maximum atomic E-state index is 12.1. The van der Waals surface area contributed by atoms with Crippen molar-refractivity contribution in [1.29, 1.82) is 0 Å². The van der Waals surface area contributed by atoms with Gasteiger partial charge in [-0.1, -0.05) is 47.0 Å². The molecule has 1 rings (SSSR count). The van der Waals surface area contributed by atoms with Gasteiger partial charge < -0.3 is 0 Å². The van der Waals surface area contributed by atoms with Crippen LogP contribution in [-0.4, -0.2) is 15.6 Å². The van der Waals surface area contributed by atoms with E-state index in [4.69, 9.17) is 0 Å². The van der Waals surface area contributed by atoms with Crippen molar-refractivity contribution in [2.45, 2.75) is 79.2 Å². The molecule has 1 aromatic heterocycles. The molecule has 3 nitrogen and oxygen atoms in total. The second kappa shape index (κ2) is 8.13. The SMILES string of the molecule is CCCCCCn1nc(CC)c(C(=O)CC)c1CC. The lowest BCUT2D eigenvalue weighted by atomic mass is 10.0. The van der Waals surface area contributed by atoms with Gasteiger partial charge in [0, 0.05) is 18.7 Å². The highest BCUT2D eigenvalue weighted by molar-refractivity contribution is 5.98. The molecule has 0 N–H and O–H groups in total. The lowest BCUT2D eigenvalue weighted by Crippen LogP contribution is -2.07. The monoisotopic (exact) mass is 264 g/mol. The van der Waals surface area contributed by atoms with Crippen LogP contribution in [0.5, 0.6) is 0 Å². The largest absolute Gasteiger partial charge is 0.294 e. The van der Waals surface area contributed by atoms with Gasteiger partial charge in [0.15, 0.2) is 5.78 Å². The van der Waals surface area contributed by atoms with Crippen LogP contribution in [0.4, 0.5) is 0 Å². The molecular weight excluding hydrogens is 236 g/mol. The summed E-state index contributed by atoms with van der Waals surface area (Å²) in [6.07, 6.45) is 7.24. The molecule has 0 atom stereocenters. The molecule has 0 aliphatic carbocycles. The maximum absolute atomic E-state index is 12.1. The van der Waals surface area contributed by atoms with Gasteiger partial charge >= 0.3 is 0 Å². The van der Waals surface area contributed by atoms with Crippen LogP contribution >= 0.6 is 0 Å². The van der Waals surface area contributed by atoms with Gasteiger partial charge in [-0.05, 0) is 19.3 Å². The molecule has 1 aromatic rings. The number of aryl methyl sites for hydroxylation is 2. The minimum absolute atomic E-state index is 0.244. The Hall–Kier alpha value is -1.12. The predicted octanol–water partition coefficient (Wildman–Crippen LogP) is 4.18. The molecule has 0 unspecified atom stereocenters. The zero-order valence-electron chi connectivity index (χ0n) is 13.0. The Labute approximate surface area is 117 Å². The van der Waals surface area contributed by atoms with Crippen LogP contribution < -0.4 is 0 Å². The van der Waals surface area contributed by atoms with Gasteiger partial charge in [0.05, 0.1) is 11.3 Å². The van der Waals surface area contributed by atoms with E-state index in [9.17, 15) is 4.79 Å². The highest BCUT2D eigenvalue weighted by atomic mass is 16.1. The van der Waals surface area contributed by atoms with Crippen molar-refractivity contribution in [3.63, 3.8) is 0 Å². The average molecular weight is 264 g/mol. The minimum atomic E-state index is 0.244. The summed E-state index contributed by atoms with van der Waals surface area (Å²) < 4.78 is 2.08. The molecule has 0 aliphatic rings. The Morgan fingerprint density at radius 1 is 1.05 bits per heavy atom. The minimum Gasteiger partial charge on any atom is -0.294 e. The summed E-state index contributed by atoms with van der Waals surface area (Å²) in [6.45, 7) is 9.30. The van der Waals surface area contributed by atoms with Crippen LogP contribution in [-0.2, 0) is 19.4 Å². The zero-order valence-corrected chi connectivity index (χ0v) is 13.0. The zero-order chi connectivity index (χ0) is 14.3. The van der Waals surface area contributed by atoms with Gasteiger partial charge in [0.2, 0.25) is 0 Å². The van der Waals surface area contributed by atoms with Gasteiger partial charge in [-0.3, -0.25) is 9.48 Å². The Morgan fingerprint density at radius 2 is 1.79 bits per heavy atom. The third-order valence-corrected chi connectivity index (χ3v) is 3.62. The fraction of sp³-hybridized carbons (Fsp3) is 0.750. The number of aromatic nitrogens is 2. The highest BCUT2D eigenvalue weighted by Crippen LogP contribution is 2.19. The molecule has 108 valence electrons. The van der Waals surface area contributed by atoms with Gasteiger partial charge in [0.1, 0.15) is 0 Å². The van der Waals surface area contributed by atoms with E-state index in [1.807, 2.05) is 6.92 Å². The van der Waals surface area contributed by atoms with Gasteiger partial charge in [0.25, 0.3) is 0 Å². The van der Waals surface area contributed by atoms with E-state index in [0.717, 1.165) is 42.8 Å². The van der Waals surface area contributed by atoms with Gasteiger partial charge in [-0.25, -0.2) is 0 Å². The van der Waals surface area contributed by atoms with Crippen molar-refractivity contribution in [3.8, 4) is 0 Å². The third-order valence-electron chi connectivity index (χ3n) is 3.62. The first-order chi connectivity index (χ1) is 9.19. The molecule has 0 spiro atoms. The number of hydrogen-bond acceptors (Lipinski definition) is 2. The normalized spacial score (nSPS) is 10.9. The van der Waals surface area contributed by atoms with E-state index >= 15 is 0 Å². The van der Waals surface area contributed by atoms with Crippen molar-refractivity contribution in [1.82, 2.24) is 9.78 Å². The smallest absolute Gasteiger partial charge is 0.166 e. The second-order valence-electron chi connectivity index (χ2n) is 5.04. The van der Waals surface area contributed by atoms with E-state index in [-0.39, 0.29) is 5.78 Å². The summed E-state index contributed by atoms with van der Waals surface area (Å²) in [4.78, 5) is 12.1. The molecule has 0 aromatic carbocycles. The standard InChI is InChI=1S/C16H28N2O/c1-5-9-10-11-12-18-14(7-3)16(15(19)8-4)13(6-2)17-18/h5-12H2,1-4H3. The highest BCUT2D eigenvalue weighted by Gasteiger charge is 2.19. The number of rotatable bonds is 9. The summed E-state index contributed by atoms with van der Waals surface area (Å²) >= 11 is 0. The summed E-state index contributed by atoms with van der Waals surface area (Å²) in [5.41, 5.74) is 3.03. The van der Waals surface area contributed by atoms with Crippen molar-refractivity contribution < 1.29 is 4.79 Å². The van der Waals surface area contributed by atoms with E-state index in [1.54, 1.807) is 0 Å². The summed E-state index contributed by atoms with van der Waals surface area (Å²) in [6, 6.07) is 0. The van der Waals surface area contributed by atoms with Crippen LogP contribution in [0, 0.1) is 0 Å². The molecule has 0 saturated heterocycles. The molecule has 0 bridgehead atoms. The first kappa shape index (κ1) is 15.9. The molecule has 0 aliphatic heterocycles. The van der Waals surface area contributed by atoms with Crippen LogP contribution in [0.2, 0.25) is 0 Å². The molecule has 19 heavy (non-hydrogen) atoms. The van der Waals surface area contributed by atoms with Gasteiger partial charge in [-0.15, -0.1) is 0 Å². The fourth-order valence-electron chi connectivity index (χ4n) is 2.53. The van der Waals surface area contributed by atoms with Crippen molar-refractivity contribution in [3.05, 3.63) is 17.0 Å². The molecule has 0 fully saturated rings. The number of nitrogens with zero attached hydrogens (tertiary/aromatic N) is 2. The lowest BCUT2D eigenvalue weighted by molar-refractivity contribution is 0.0986. The van der Waals surface area contributed by atoms with E-state index < -0.39 is 0 Å². The first-order valence-electron chi connectivity index (χ1n) is 7.81. The van der Waals surface area contributed by atoms with Crippen LogP contribution in [0.15, 0.2) is 0 Å². The third kappa shape index (κ3) is 3.92. The van der Waals surface area contributed by atoms with Crippen molar-refractivity contribution in [2.24, 2.45) is 0 Å². The second-order valence-corrected chi connectivity index (χ2v) is 5.04. The van der Waals surface area contributed by atoms with E-state index in [1.165, 1.54) is 19.3 Å². The number of carbonyl (C=O) groups is 1. The van der Waals surface area contributed by atoms with Crippen LogP contribution in [0.1, 0.15) is 81.5 Å². The van der Waals surface area contributed by atoms with E-state index in [2.05, 4.69) is 30.6 Å². The molecular formula is C16H28N2O. The maximum Gasteiger partial charge on any atom is 0.166 e. The Bertz CT molecular complexity index is 407. The average Bonchev–Trinajstić information content (AvgIpc) is 2.80. The number of Topliss-reactive ketones (excluding diaryl/α,β-unsaturated/α-hetero) is 1. The Kier molecular flexibility index (Phi) is 6.82. The summed E-state index contributed by atoms with van der Waals surface area (Å²) in [5, 5.41) is 4.66.